The van der Waals surface area contributed by atoms with Crippen LogP contribution in [0.25, 0.3) is 0 Å². The van der Waals surface area contributed by atoms with Crippen molar-refractivity contribution in [3.05, 3.63) is 64.7 Å². The number of alkyl carbamates (subject to hydrolysis) is 1. The number of terminal acetylenes is 1. The second kappa shape index (κ2) is 13.7. The third-order valence-electron chi connectivity index (χ3n) is 6.21. The van der Waals surface area contributed by atoms with Gasteiger partial charge in [-0.25, -0.2) is 4.79 Å². The van der Waals surface area contributed by atoms with Gasteiger partial charge >= 0.3 is 6.09 Å². The van der Waals surface area contributed by atoms with Gasteiger partial charge in [0.05, 0.1) is 0 Å². The monoisotopic (exact) mass is 535 g/mol. The van der Waals surface area contributed by atoms with Crippen LogP contribution in [0.2, 0.25) is 0 Å². The molecular formula is C31H41N3O5. The lowest BCUT2D eigenvalue weighted by molar-refractivity contribution is -0.138. The van der Waals surface area contributed by atoms with Gasteiger partial charge in [0.1, 0.15) is 23.4 Å². The Balaban J connectivity index is 2.52. The first-order chi connectivity index (χ1) is 18.2. The van der Waals surface area contributed by atoms with Crippen LogP contribution in [-0.4, -0.2) is 45.6 Å². The highest BCUT2D eigenvalue weighted by Gasteiger charge is 2.36. The number of nitrogens with zero attached hydrogens (tertiary/aromatic N) is 1. The van der Waals surface area contributed by atoms with E-state index in [0.717, 1.165) is 28.9 Å². The van der Waals surface area contributed by atoms with Crippen LogP contribution in [0, 0.1) is 26.3 Å². The summed E-state index contributed by atoms with van der Waals surface area (Å²) < 4.78 is 5.40. The van der Waals surface area contributed by atoms with Crippen LogP contribution in [0.15, 0.2) is 42.5 Å². The first kappa shape index (κ1) is 31.2. The summed E-state index contributed by atoms with van der Waals surface area (Å²) in [7, 11) is 0. The summed E-state index contributed by atoms with van der Waals surface area (Å²) in [5, 5.41) is 15.3. The smallest absolute Gasteiger partial charge is 0.408 e. The number of carbonyl (C=O) groups is 3. The number of hydrogen-bond acceptors (Lipinski definition) is 5. The van der Waals surface area contributed by atoms with Crippen LogP contribution in [0.3, 0.4) is 0 Å². The van der Waals surface area contributed by atoms with Crippen LogP contribution >= 0.6 is 0 Å². The van der Waals surface area contributed by atoms with Crippen molar-refractivity contribution in [1.29, 1.82) is 0 Å². The molecule has 8 nitrogen and oxygen atoms in total. The lowest BCUT2D eigenvalue weighted by Crippen LogP contribution is -2.52. The lowest BCUT2D eigenvalue weighted by atomic mass is 9.97. The Bertz CT molecular complexity index is 1190. The van der Waals surface area contributed by atoms with E-state index in [9.17, 15) is 19.5 Å². The zero-order valence-electron chi connectivity index (χ0n) is 24.0. The first-order valence-corrected chi connectivity index (χ1v) is 13.2. The van der Waals surface area contributed by atoms with E-state index in [-0.39, 0.29) is 18.2 Å². The van der Waals surface area contributed by atoms with Crippen molar-refractivity contribution in [2.24, 2.45) is 0 Å². The number of hydrogen-bond donors (Lipinski definition) is 3. The molecule has 0 aliphatic heterocycles. The van der Waals surface area contributed by atoms with Crippen LogP contribution in [0.4, 0.5) is 4.79 Å². The van der Waals surface area contributed by atoms with Gasteiger partial charge in [0, 0.05) is 18.5 Å². The van der Waals surface area contributed by atoms with E-state index in [1.54, 1.807) is 39.0 Å². The average Bonchev–Trinajstić information content (AvgIpc) is 2.83. The maximum atomic E-state index is 14.0. The molecule has 2 rings (SSSR count). The molecular weight excluding hydrogens is 494 g/mol. The molecule has 2 aromatic rings. The fraction of sp³-hybridized carbons (Fsp3) is 0.452. The van der Waals surface area contributed by atoms with Crippen LogP contribution in [0.1, 0.15) is 75.8 Å². The highest BCUT2D eigenvalue weighted by molar-refractivity contribution is 5.93. The molecule has 0 bridgehead atoms. The van der Waals surface area contributed by atoms with E-state index < -0.39 is 35.6 Å². The number of rotatable bonds is 10. The Morgan fingerprint density at radius 2 is 1.69 bits per heavy atom. The van der Waals surface area contributed by atoms with E-state index in [2.05, 4.69) is 16.7 Å². The molecule has 3 atom stereocenters. The second-order valence-electron chi connectivity index (χ2n) is 10.9. The second-order valence-corrected chi connectivity index (χ2v) is 10.9. The Labute approximate surface area is 232 Å². The fourth-order valence-corrected chi connectivity index (χ4v) is 4.13. The molecule has 0 aliphatic rings. The van der Waals surface area contributed by atoms with Gasteiger partial charge in [0.25, 0.3) is 5.91 Å². The van der Waals surface area contributed by atoms with Crippen molar-refractivity contribution in [3.63, 3.8) is 0 Å². The van der Waals surface area contributed by atoms with Crippen molar-refractivity contribution in [2.45, 2.75) is 91.5 Å². The number of amides is 3. The summed E-state index contributed by atoms with van der Waals surface area (Å²) in [5.41, 5.74) is 2.42. The molecule has 0 spiro atoms. The Morgan fingerprint density at radius 3 is 2.23 bits per heavy atom. The third kappa shape index (κ3) is 9.36. The molecule has 0 saturated carbocycles. The van der Waals surface area contributed by atoms with E-state index in [1.165, 1.54) is 12.1 Å². The maximum Gasteiger partial charge on any atom is 0.408 e. The number of phenols is 1. The summed E-state index contributed by atoms with van der Waals surface area (Å²) in [5.74, 6) is -0.983. The molecule has 39 heavy (non-hydrogen) atoms. The normalized spacial score (nSPS) is 13.4. The number of carbonyl (C=O) groups excluding carboxylic acids is 3. The molecule has 0 aromatic heterocycles. The number of aromatic hydroxyl groups is 1. The molecule has 0 fully saturated rings. The predicted octanol–water partition coefficient (Wildman–Crippen LogP) is 4.91. The summed E-state index contributed by atoms with van der Waals surface area (Å²) >= 11 is 0. The largest absolute Gasteiger partial charge is 0.508 e. The van der Waals surface area contributed by atoms with Gasteiger partial charge in [-0.1, -0.05) is 50.1 Å². The van der Waals surface area contributed by atoms with Gasteiger partial charge in [-0.3, -0.25) is 14.5 Å². The first-order valence-electron chi connectivity index (χ1n) is 13.2. The molecule has 0 heterocycles. The predicted molar refractivity (Wildman–Crippen MR) is 152 cm³/mol. The van der Waals surface area contributed by atoms with Crippen LogP contribution in [-0.2, 0) is 20.7 Å². The van der Waals surface area contributed by atoms with E-state index in [4.69, 9.17) is 11.2 Å². The third-order valence-corrected chi connectivity index (χ3v) is 6.21. The van der Waals surface area contributed by atoms with Crippen molar-refractivity contribution in [1.82, 2.24) is 15.5 Å². The maximum absolute atomic E-state index is 14.0. The standard InChI is InChI=1S/C31H41N3O5/c1-9-11-22(5)32-28(36)27(24-15-12-20(3)21(4)18-24)34(10-2)29(37)26(33-30(38)39-31(6,7)8)19-23-13-16-25(35)17-14-23/h2,12-18,22,26-27,35H,9,11,19H2,1,3-8H3,(H,32,36)(H,33,38). The lowest BCUT2D eigenvalue weighted by Gasteiger charge is -2.31. The molecule has 0 saturated heterocycles. The molecule has 8 heteroatoms. The SMILES string of the molecule is C#CN(C(=O)C(Cc1ccc(O)cc1)NC(=O)OC(C)(C)C)C(C(=O)NC(C)CCC)c1ccc(C)c(C)c1. The van der Waals surface area contributed by atoms with Gasteiger partial charge in [0.15, 0.2) is 0 Å². The Morgan fingerprint density at radius 1 is 1.05 bits per heavy atom. The number of nitrogens with one attached hydrogen (secondary N) is 2. The number of ether oxygens (including phenoxy) is 1. The zero-order valence-corrected chi connectivity index (χ0v) is 24.0. The summed E-state index contributed by atoms with van der Waals surface area (Å²) in [4.78, 5) is 41.4. The van der Waals surface area contributed by atoms with Crippen LogP contribution in [0.5, 0.6) is 5.75 Å². The van der Waals surface area contributed by atoms with Gasteiger partial charge in [0.2, 0.25) is 5.91 Å². The number of phenolic OH excluding ortho intramolecular Hbond substituents is 1. The van der Waals surface area contributed by atoms with Crippen molar-refractivity contribution in [3.8, 4) is 18.2 Å². The van der Waals surface area contributed by atoms with Crippen molar-refractivity contribution in [2.75, 3.05) is 0 Å². The minimum Gasteiger partial charge on any atom is -0.508 e. The minimum atomic E-state index is -1.14. The zero-order chi connectivity index (χ0) is 29.3. The number of aryl methyl sites for hydroxylation is 2. The van der Waals surface area contributed by atoms with Crippen molar-refractivity contribution < 1.29 is 24.2 Å². The van der Waals surface area contributed by atoms with E-state index >= 15 is 0 Å². The molecule has 210 valence electrons. The molecule has 0 radical (unpaired) electrons. The van der Waals surface area contributed by atoms with Crippen molar-refractivity contribution >= 4 is 17.9 Å². The quantitative estimate of drug-likeness (QED) is 0.296. The fourth-order valence-electron chi connectivity index (χ4n) is 4.13. The van der Waals surface area contributed by atoms with E-state index in [0.29, 0.717) is 11.1 Å². The molecule has 3 unspecified atom stereocenters. The van der Waals surface area contributed by atoms with Crippen LogP contribution < -0.4 is 10.6 Å². The molecule has 3 N–H and O–H groups in total. The number of benzene rings is 2. The van der Waals surface area contributed by atoms with Gasteiger partial charge in [-0.15, -0.1) is 0 Å². The van der Waals surface area contributed by atoms with Gasteiger partial charge in [-0.2, -0.15) is 0 Å². The van der Waals surface area contributed by atoms with E-state index in [1.807, 2.05) is 39.8 Å². The summed E-state index contributed by atoms with van der Waals surface area (Å²) in [6.45, 7) is 13.0. The minimum absolute atomic E-state index is 0.0596. The summed E-state index contributed by atoms with van der Waals surface area (Å²) in [6, 6.07) is 11.8. The highest BCUT2D eigenvalue weighted by atomic mass is 16.6. The highest BCUT2D eigenvalue weighted by Crippen LogP contribution is 2.25. The van der Waals surface area contributed by atoms with Gasteiger partial charge < -0.3 is 20.5 Å². The topological polar surface area (TPSA) is 108 Å². The molecule has 3 amide bonds. The Kier molecular flexibility index (Phi) is 11.0. The summed E-state index contributed by atoms with van der Waals surface area (Å²) in [6.07, 6.45) is 6.80. The average molecular weight is 536 g/mol. The van der Waals surface area contributed by atoms with Gasteiger partial charge in [-0.05, 0) is 82.3 Å². The Hall–Kier alpha value is -3.99. The molecule has 0 aliphatic carbocycles. The molecule has 2 aromatic carbocycles.